The Morgan fingerprint density at radius 1 is 1.18 bits per heavy atom. The molecule has 2 rings (SSSR count). The van der Waals surface area contributed by atoms with E-state index in [1.165, 1.54) is 5.56 Å². The van der Waals surface area contributed by atoms with Crippen LogP contribution in [0.25, 0.3) is 11.1 Å². The molecule has 84 valence electrons. The quantitative estimate of drug-likeness (QED) is 0.849. The van der Waals surface area contributed by atoms with E-state index < -0.39 is 0 Å². The van der Waals surface area contributed by atoms with Crippen molar-refractivity contribution >= 4 is 0 Å². The van der Waals surface area contributed by atoms with Gasteiger partial charge in [0.1, 0.15) is 0 Å². The Bertz CT molecular complexity index is 580. The molecule has 0 heterocycles. The van der Waals surface area contributed by atoms with Gasteiger partial charge in [-0.25, -0.2) is 0 Å². The second-order valence-electron chi connectivity index (χ2n) is 4.06. The van der Waals surface area contributed by atoms with Gasteiger partial charge in [0.25, 0.3) is 0 Å². The van der Waals surface area contributed by atoms with Gasteiger partial charge in [-0.3, -0.25) is 0 Å². The molecule has 0 saturated carbocycles. The molecule has 0 atom stereocenters. The molecule has 0 unspecified atom stereocenters. The number of benzene rings is 2. The number of nitriles is 1. The van der Waals surface area contributed by atoms with E-state index in [1.54, 1.807) is 6.07 Å². The van der Waals surface area contributed by atoms with Gasteiger partial charge in [-0.05, 0) is 35.7 Å². The van der Waals surface area contributed by atoms with Crippen molar-refractivity contribution in [1.82, 2.24) is 0 Å². The molecule has 0 bridgehead atoms. The fourth-order valence-electron chi connectivity index (χ4n) is 1.89. The average molecular weight is 222 g/mol. The molecule has 17 heavy (non-hydrogen) atoms. The summed E-state index contributed by atoms with van der Waals surface area (Å²) in [4.78, 5) is 0. The molecule has 2 aromatic rings. The first kappa shape index (κ1) is 11.4. The molecule has 2 heteroatoms. The predicted octanol–water partition coefficient (Wildman–Crippen LogP) is 2.99. The lowest BCUT2D eigenvalue weighted by Crippen LogP contribution is -1.99. The normalized spacial score (nSPS) is 9.94. The van der Waals surface area contributed by atoms with Crippen molar-refractivity contribution < 1.29 is 0 Å². The van der Waals surface area contributed by atoms with Crippen LogP contribution in [0.3, 0.4) is 0 Å². The van der Waals surface area contributed by atoms with E-state index >= 15 is 0 Å². The average Bonchev–Trinajstić information content (AvgIpc) is 2.39. The van der Waals surface area contributed by atoms with E-state index in [0.29, 0.717) is 12.1 Å². The second-order valence-corrected chi connectivity index (χ2v) is 4.06. The molecule has 0 radical (unpaired) electrons. The fraction of sp³-hybridized carbons (Fsp3) is 0.133. The van der Waals surface area contributed by atoms with Crippen molar-refractivity contribution in [3.8, 4) is 17.2 Å². The molecular weight excluding hydrogens is 208 g/mol. The molecule has 0 aliphatic rings. The minimum Gasteiger partial charge on any atom is -0.326 e. The monoisotopic (exact) mass is 222 g/mol. The predicted molar refractivity (Wildman–Crippen MR) is 69.2 cm³/mol. The van der Waals surface area contributed by atoms with E-state index in [-0.39, 0.29) is 0 Å². The van der Waals surface area contributed by atoms with E-state index in [2.05, 4.69) is 25.1 Å². The molecule has 0 spiro atoms. The fourth-order valence-corrected chi connectivity index (χ4v) is 1.89. The zero-order chi connectivity index (χ0) is 12.3. The Balaban J connectivity index is 2.59. The van der Waals surface area contributed by atoms with Crippen molar-refractivity contribution in [1.29, 1.82) is 5.26 Å². The summed E-state index contributed by atoms with van der Waals surface area (Å²) in [6, 6.07) is 16.0. The standard InChI is InChI=1S/C15H14N2/c1-11-5-6-14(10-17)15(7-11)13-4-2-3-12(8-13)9-16/h2-8H,10,17H2,1H3. The number of hydrogen-bond donors (Lipinski definition) is 1. The molecule has 0 aliphatic carbocycles. The topological polar surface area (TPSA) is 49.8 Å². The van der Waals surface area contributed by atoms with Gasteiger partial charge in [-0.1, -0.05) is 35.9 Å². The largest absolute Gasteiger partial charge is 0.326 e. The van der Waals surface area contributed by atoms with Crippen molar-refractivity contribution in [2.75, 3.05) is 0 Å². The van der Waals surface area contributed by atoms with Gasteiger partial charge in [-0.15, -0.1) is 0 Å². The van der Waals surface area contributed by atoms with Crippen LogP contribution < -0.4 is 5.73 Å². The third-order valence-electron chi connectivity index (χ3n) is 2.79. The minimum absolute atomic E-state index is 0.506. The molecule has 0 aliphatic heterocycles. The Labute approximate surface area is 101 Å². The number of hydrogen-bond acceptors (Lipinski definition) is 2. The number of rotatable bonds is 2. The van der Waals surface area contributed by atoms with Crippen molar-refractivity contribution in [3.63, 3.8) is 0 Å². The van der Waals surface area contributed by atoms with Crippen molar-refractivity contribution in [2.45, 2.75) is 13.5 Å². The highest BCUT2D eigenvalue weighted by Crippen LogP contribution is 2.25. The Hall–Kier alpha value is -2.11. The maximum Gasteiger partial charge on any atom is 0.0991 e. The molecule has 0 aromatic heterocycles. The zero-order valence-electron chi connectivity index (χ0n) is 9.77. The van der Waals surface area contributed by atoms with E-state index in [4.69, 9.17) is 11.0 Å². The van der Waals surface area contributed by atoms with Gasteiger partial charge in [0.15, 0.2) is 0 Å². The summed E-state index contributed by atoms with van der Waals surface area (Å²) in [6.45, 7) is 2.56. The molecule has 2 N–H and O–H groups in total. The molecule has 0 amide bonds. The Morgan fingerprint density at radius 3 is 2.71 bits per heavy atom. The third-order valence-corrected chi connectivity index (χ3v) is 2.79. The smallest absolute Gasteiger partial charge is 0.0991 e. The van der Waals surface area contributed by atoms with Gasteiger partial charge in [0.05, 0.1) is 11.6 Å². The first-order valence-electron chi connectivity index (χ1n) is 5.54. The van der Waals surface area contributed by atoms with Gasteiger partial charge < -0.3 is 5.73 Å². The summed E-state index contributed by atoms with van der Waals surface area (Å²) in [5, 5.41) is 8.92. The van der Waals surface area contributed by atoms with E-state index in [0.717, 1.165) is 16.7 Å². The first-order chi connectivity index (χ1) is 8.24. The SMILES string of the molecule is Cc1ccc(CN)c(-c2cccc(C#N)c2)c1. The van der Waals surface area contributed by atoms with Crippen LogP contribution in [0.4, 0.5) is 0 Å². The van der Waals surface area contributed by atoms with Crippen LogP contribution in [0.1, 0.15) is 16.7 Å². The minimum atomic E-state index is 0.506. The Kier molecular flexibility index (Phi) is 3.22. The maximum atomic E-state index is 8.92. The van der Waals surface area contributed by atoms with Gasteiger partial charge in [0.2, 0.25) is 0 Å². The second kappa shape index (κ2) is 4.82. The highest BCUT2D eigenvalue weighted by molar-refractivity contribution is 5.69. The van der Waals surface area contributed by atoms with Crippen molar-refractivity contribution in [2.24, 2.45) is 5.73 Å². The summed E-state index contributed by atoms with van der Waals surface area (Å²) in [6.07, 6.45) is 0. The van der Waals surface area contributed by atoms with Gasteiger partial charge in [0, 0.05) is 6.54 Å². The molecular formula is C15H14N2. The summed E-state index contributed by atoms with van der Waals surface area (Å²) >= 11 is 0. The van der Waals surface area contributed by atoms with Crippen LogP contribution in [0.2, 0.25) is 0 Å². The van der Waals surface area contributed by atoms with Crippen LogP contribution in [-0.4, -0.2) is 0 Å². The van der Waals surface area contributed by atoms with Crippen LogP contribution in [0.15, 0.2) is 42.5 Å². The van der Waals surface area contributed by atoms with E-state index in [9.17, 15) is 0 Å². The lowest BCUT2D eigenvalue weighted by molar-refractivity contribution is 1.07. The van der Waals surface area contributed by atoms with Gasteiger partial charge in [-0.2, -0.15) is 5.26 Å². The highest BCUT2D eigenvalue weighted by Gasteiger charge is 2.05. The summed E-state index contributed by atoms with van der Waals surface area (Å²) in [5.41, 5.74) is 10.9. The lowest BCUT2D eigenvalue weighted by Gasteiger charge is -2.09. The number of nitrogens with two attached hydrogens (primary N) is 1. The van der Waals surface area contributed by atoms with Crippen molar-refractivity contribution in [3.05, 3.63) is 59.2 Å². The summed E-state index contributed by atoms with van der Waals surface area (Å²) in [5.74, 6) is 0. The van der Waals surface area contributed by atoms with Gasteiger partial charge >= 0.3 is 0 Å². The van der Waals surface area contributed by atoms with E-state index in [1.807, 2.05) is 24.3 Å². The van der Waals surface area contributed by atoms with Crippen LogP contribution in [-0.2, 0) is 6.54 Å². The summed E-state index contributed by atoms with van der Waals surface area (Å²) < 4.78 is 0. The zero-order valence-corrected chi connectivity index (χ0v) is 9.77. The Morgan fingerprint density at radius 2 is 2.00 bits per heavy atom. The van der Waals surface area contributed by atoms with Crippen LogP contribution in [0.5, 0.6) is 0 Å². The molecule has 0 saturated heterocycles. The first-order valence-corrected chi connectivity index (χ1v) is 5.54. The number of aryl methyl sites for hydroxylation is 1. The maximum absolute atomic E-state index is 8.92. The summed E-state index contributed by atoms with van der Waals surface area (Å²) in [7, 11) is 0. The van der Waals surface area contributed by atoms with Crippen LogP contribution >= 0.6 is 0 Å². The lowest BCUT2D eigenvalue weighted by atomic mass is 9.96. The van der Waals surface area contributed by atoms with Crippen LogP contribution in [0, 0.1) is 18.3 Å². The molecule has 0 fully saturated rings. The third kappa shape index (κ3) is 2.35. The molecule has 2 aromatic carbocycles. The molecule has 2 nitrogen and oxygen atoms in total. The highest BCUT2D eigenvalue weighted by atomic mass is 14.5. The number of nitrogens with zero attached hydrogens (tertiary/aromatic N) is 1.